The maximum Gasteiger partial charge on any atom is 0.268 e. The topological polar surface area (TPSA) is 63.1 Å². The number of para-hydroxylation sites is 1. The van der Waals surface area contributed by atoms with Crippen molar-refractivity contribution in [2.75, 3.05) is 6.54 Å². The minimum atomic E-state index is -0.373. The van der Waals surface area contributed by atoms with Gasteiger partial charge in [-0.25, -0.2) is 0 Å². The summed E-state index contributed by atoms with van der Waals surface area (Å²) in [7, 11) is 2.04. The zero-order valence-corrected chi connectivity index (χ0v) is 17.3. The van der Waals surface area contributed by atoms with Gasteiger partial charge < -0.3 is 15.2 Å². The molecular formula is C26H23N3O2. The van der Waals surface area contributed by atoms with Crippen LogP contribution in [-0.2, 0) is 11.8 Å². The lowest BCUT2D eigenvalue weighted by Gasteiger charge is -2.10. The maximum absolute atomic E-state index is 12.7. The zero-order chi connectivity index (χ0) is 21.8. The molecule has 0 bridgehead atoms. The molecule has 1 heterocycles. The van der Waals surface area contributed by atoms with E-state index in [1.54, 1.807) is 36.4 Å². The van der Waals surface area contributed by atoms with Crippen LogP contribution in [0.2, 0.25) is 0 Å². The summed E-state index contributed by atoms with van der Waals surface area (Å²) in [5.41, 5.74) is 3.72. The van der Waals surface area contributed by atoms with Crippen LogP contribution in [0.4, 0.5) is 0 Å². The lowest BCUT2D eigenvalue weighted by atomic mass is 10.1. The van der Waals surface area contributed by atoms with E-state index in [2.05, 4.69) is 33.9 Å². The average Bonchev–Trinajstić information content (AvgIpc) is 3.09. The first-order valence-electron chi connectivity index (χ1n) is 10.0. The maximum atomic E-state index is 12.7. The van der Waals surface area contributed by atoms with E-state index in [9.17, 15) is 9.59 Å². The highest BCUT2D eigenvalue weighted by atomic mass is 16.2. The van der Waals surface area contributed by atoms with Crippen LogP contribution in [0.5, 0.6) is 0 Å². The van der Waals surface area contributed by atoms with E-state index in [-0.39, 0.29) is 17.5 Å². The van der Waals surface area contributed by atoms with Crippen LogP contribution in [0, 0.1) is 0 Å². The first kappa shape index (κ1) is 20.2. The normalized spacial score (nSPS) is 11.5. The Bertz CT molecular complexity index is 1320. The molecule has 154 valence electrons. The Morgan fingerprint density at radius 3 is 2.42 bits per heavy atom. The molecule has 5 nitrogen and oxygen atoms in total. The lowest BCUT2D eigenvalue weighted by Crippen LogP contribution is -2.34. The van der Waals surface area contributed by atoms with Crippen molar-refractivity contribution in [1.29, 1.82) is 0 Å². The summed E-state index contributed by atoms with van der Waals surface area (Å²) in [6, 6.07) is 23.0. The minimum Gasteiger partial charge on any atom is -0.347 e. The van der Waals surface area contributed by atoms with Gasteiger partial charge in [0.25, 0.3) is 11.8 Å². The number of benzene rings is 3. The third-order valence-electron chi connectivity index (χ3n) is 5.18. The van der Waals surface area contributed by atoms with Crippen molar-refractivity contribution in [1.82, 2.24) is 15.2 Å². The Kier molecular flexibility index (Phi) is 5.67. The summed E-state index contributed by atoms with van der Waals surface area (Å²) in [6.07, 6.45) is 3.29. The average molecular weight is 409 g/mol. The van der Waals surface area contributed by atoms with E-state index in [0.717, 1.165) is 27.4 Å². The Labute approximate surface area is 180 Å². The van der Waals surface area contributed by atoms with Crippen LogP contribution in [0.1, 0.15) is 15.9 Å². The number of hydrogen-bond donors (Lipinski definition) is 2. The van der Waals surface area contributed by atoms with Gasteiger partial charge in [0.2, 0.25) is 0 Å². The summed E-state index contributed by atoms with van der Waals surface area (Å²) in [5.74, 6) is -0.714. The molecule has 3 aromatic carbocycles. The first-order valence-corrected chi connectivity index (χ1v) is 10.0. The predicted molar refractivity (Wildman–Crippen MR) is 126 cm³/mol. The highest BCUT2D eigenvalue weighted by Gasteiger charge is 2.15. The molecule has 31 heavy (non-hydrogen) atoms. The number of aryl methyl sites for hydroxylation is 1. The van der Waals surface area contributed by atoms with Gasteiger partial charge in [-0.1, -0.05) is 48.5 Å². The van der Waals surface area contributed by atoms with Crippen molar-refractivity contribution < 1.29 is 9.59 Å². The molecule has 0 aliphatic carbocycles. The van der Waals surface area contributed by atoms with Crippen molar-refractivity contribution in [3.8, 4) is 0 Å². The summed E-state index contributed by atoms with van der Waals surface area (Å²) < 4.78 is 2.15. The highest BCUT2D eigenvalue weighted by Crippen LogP contribution is 2.29. The number of carbonyl (C=O) groups is 2. The van der Waals surface area contributed by atoms with Crippen LogP contribution in [0.25, 0.3) is 27.9 Å². The van der Waals surface area contributed by atoms with Gasteiger partial charge in [-0.2, -0.15) is 0 Å². The Balaban J connectivity index is 1.74. The standard InChI is InChI=1S/C26H23N3O2/c1-3-15-27-26(31)22(28-25(30)19-9-5-4-6-10-19)17-18-13-14-24-21(16-18)20-11-7-8-12-23(20)29(24)2/h3-14,16-17H,1,15H2,2H3,(H,27,31)(H,28,30)/b22-17-. The van der Waals surface area contributed by atoms with Crippen molar-refractivity contribution in [3.63, 3.8) is 0 Å². The first-order chi connectivity index (χ1) is 15.1. The number of aromatic nitrogens is 1. The van der Waals surface area contributed by atoms with E-state index in [4.69, 9.17) is 0 Å². The lowest BCUT2D eigenvalue weighted by molar-refractivity contribution is -0.117. The second-order valence-electron chi connectivity index (χ2n) is 7.23. The molecule has 0 spiro atoms. The highest BCUT2D eigenvalue weighted by molar-refractivity contribution is 6.09. The van der Waals surface area contributed by atoms with Crippen LogP contribution in [-0.4, -0.2) is 22.9 Å². The molecule has 2 amide bonds. The van der Waals surface area contributed by atoms with Gasteiger partial charge in [0.15, 0.2) is 0 Å². The largest absolute Gasteiger partial charge is 0.347 e. The summed E-state index contributed by atoms with van der Waals surface area (Å²) in [6.45, 7) is 3.93. The van der Waals surface area contributed by atoms with E-state index in [1.807, 2.05) is 43.4 Å². The molecule has 0 fully saturated rings. The molecule has 0 aliphatic rings. The van der Waals surface area contributed by atoms with E-state index >= 15 is 0 Å². The van der Waals surface area contributed by atoms with E-state index < -0.39 is 0 Å². The number of carbonyl (C=O) groups excluding carboxylic acids is 2. The van der Waals surface area contributed by atoms with Gasteiger partial charge in [0.1, 0.15) is 5.70 Å². The second-order valence-corrected chi connectivity index (χ2v) is 7.23. The summed E-state index contributed by atoms with van der Waals surface area (Å²) in [5, 5.41) is 7.72. The van der Waals surface area contributed by atoms with Gasteiger partial charge >= 0.3 is 0 Å². The zero-order valence-electron chi connectivity index (χ0n) is 17.3. The number of fused-ring (bicyclic) bond motifs is 3. The van der Waals surface area contributed by atoms with Crippen LogP contribution in [0.3, 0.4) is 0 Å². The van der Waals surface area contributed by atoms with Crippen molar-refractivity contribution in [2.24, 2.45) is 7.05 Å². The smallest absolute Gasteiger partial charge is 0.268 e. The van der Waals surface area contributed by atoms with Crippen molar-refractivity contribution >= 4 is 39.7 Å². The molecule has 0 atom stereocenters. The molecule has 0 radical (unpaired) electrons. The third kappa shape index (κ3) is 4.12. The van der Waals surface area contributed by atoms with Crippen LogP contribution < -0.4 is 10.6 Å². The third-order valence-corrected chi connectivity index (χ3v) is 5.18. The molecule has 0 aliphatic heterocycles. The second kappa shape index (κ2) is 8.71. The molecule has 0 saturated carbocycles. The van der Waals surface area contributed by atoms with E-state index in [0.29, 0.717) is 12.1 Å². The molecular weight excluding hydrogens is 386 g/mol. The number of hydrogen-bond acceptors (Lipinski definition) is 2. The quantitative estimate of drug-likeness (QED) is 0.366. The molecule has 0 unspecified atom stereocenters. The van der Waals surface area contributed by atoms with Crippen LogP contribution >= 0.6 is 0 Å². The molecule has 4 rings (SSSR count). The number of nitrogens with zero attached hydrogens (tertiary/aromatic N) is 1. The van der Waals surface area contributed by atoms with Gasteiger partial charge in [0.05, 0.1) is 0 Å². The molecule has 1 aromatic heterocycles. The number of nitrogens with one attached hydrogen (secondary N) is 2. The SMILES string of the molecule is C=CCNC(=O)/C(=C/c1ccc2c(c1)c1ccccc1n2C)NC(=O)c1ccccc1. The summed E-state index contributed by atoms with van der Waals surface area (Å²) in [4.78, 5) is 25.4. The van der Waals surface area contributed by atoms with Gasteiger partial charge in [-0.05, 0) is 42.0 Å². The fourth-order valence-electron chi connectivity index (χ4n) is 3.64. The molecule has 0 saturated heterocycles. The fourth-order valence-corrected chi connectivity index (χ4v) is 3.64. The van der Waals surface area contributed by atoms with Crippen molar-refractivity contribution in [3.05, 3.63) is 102 Å². The molecule has 5 heteroatoms. The fraction of sp³-hybridized carbons (Fsp3) is 0.0769. The van der Waals surface area contributed by atoms with Crippen LogP contribution in [0.15, 0.2) is 91.1 Å². The molecule has 4 aromatic rings. The van der Waals surface area contributed by atoms with Gasteiger partial charge in [-0.3, -0.25) is 9.59 Å². The van der Waals surface area contributed by atoms with Crippen molar-refractivity contribution in [2.45, 2.75) is 0 Å². The minimum absolute atomic E-state index is 0.176. The Morgan fingerprint density at radius 2 is 1.65 bits per heavy atom. The number of amides is 2. The van der Waals surface area contributed by atoms with Gasteiger partial charge in [-0.15, -0.1) is 6.58 Å². The Morgan fingerprint density at radius 1 is 0.935 bits per heavy atom. The number of rotatable bonds is 6. The predicted octanol–water partition coefficient (Wildman–Crippen LogP) is 4.40. The Hall–Kier alpha value is -4.12. The monoisotopic (exact) mass is 409 g/mol. The molecule has 2 N–H and O–H groups in total. The van der Waals surface area contributed by atoms with E-state index in [1.165, 1.54) is 0 Å². The van der Waals surface area contributed by atoms with Gasteiger partial charge in [0, 0.05) is 41.0 Å². The summed E-state index contributed by atoms with van der Waals surface area (Å²) >= 11 is 0.